The molecule has 0 saturated heterocycles. The van der Waals surface area contributed by atoms with Crippen LogP contribution in [0.4, 0.5) is 5.13 Å². The standard InChI is InChI=1S/C27H24N2O2S2/c1-19-4-3-5-21(16-19)17-32-24-13-6-20(7-14-24)8-15-26(30)29-27-28-25(18-33-27)22-9-11-23(31-2)12-10-22/h3-16,18H,17H2,1-2H3,(H,28,29,30). The number of nitrogens with zero attached hydrogens (tertiary/aromatic N) is 1. The maximum absolute atomic E-state index is 12.3. The largest absolute Gasteiger partial charge is 0.497 e. The number of thiazole rings is 1. The number of benzene rings is 3. The number of anilines is 1. The van der Waals surface area contributed by atoms with Crippen LogP contribution >= 0.6 is 23.1 Å². The van der Waals surface area contributed by atoms with E-state index in [9.17, 15) is 4.79 Å². The molecule has 1 amide bonds. The fourth-order valence-corrected chi connectivity index (χ4v) is 4.75. The normalized spacial score (nSPS) is 11.0. The van der Waals surface area contributed by atoms with Gasteiger partial charge in [-0.25, -0.2) is 4.98 Å². The molecule has 4 nitrogen and oxygen atoms in total. The molecular formula is C27H24N2O2S2. The van der Waals surface area contributed by atoms with E-state index in [0.717, 1.165) is 28.3 Å². The number of methoxy groups -OCH3 is 1. The lowest BCUT2D eigenvalue weighted by atomic mass is 10.2. The molecule has 0 saturated carbocycles. The lowest BCUT2D eigenvalue weighted by Gasteiger charge is -2.04. The number of rotatable bonds is 8. The Balaban J connectivity index is 1.30. The lowest BCUT2D eigenvalue weighted by molar-refractivity contribution is -0.111. The first kappa shape index (κ1) is 22.8. The number of aromatic nitrogens is 1. The third-order valence-corrected chi connectivity index (χ3v) is 6.76. The molecule has 0 radical (unpaired) electrons. The van der Waals surface area contributed by atoms with Gasteiger partial charge in [-0.05, 0) is 60.5 Å². The van der Waals surface area contributed by atoms with Gasteiger partial charge in [0.2, 0.25) is 5.91 Å². The Bertz CT molecular complexity index is 1250. The van der Waals surface area contributed by atoms with Crippen molar-refractivity contribution in [3.05, 3.63) is 101 Å². The van der Waals surface area contributed by atoms with Crippen LogP contribution in [0.15, 0.2) is 89.1 Å². The summed E-state index contributed by atoms with van der Waals surface area (Å²) < 4.78 is 5.18. The first-order valence-electron chi connectivity index (χ1n) is 10.5. The summed E-state index contributed by atoms with van der Waals surface area (Å²) in [5, 5.41) is 5.32. The molecule has 1 N–H and O–H groups in total. The number of aryl methyl sites for hydroxylation is 1. The van der Waals surface area contributed by atoms with Crippen molar-refractivity contribution >= 4 is 40.2 Å². The van der Waals surface area contributed by atoms with Crippen LogP contribution in [0.3, 0.4) is 0 Å². The van der Waals surface area contributed by atoms with E-state index in [-0.39, 0.29) is 5.91 Å². The van der Waals surface area contributed by atoms with Crippen molar-refractivity contribution in [2.24, 2.45) is 0 Å². The second kappa shape index (κ2) is 11.0. The quantitative estimate of drug-likeness (QED) is 0.220. The first-order chi connectivity index (χ1) is 16.1. The van der Waals surface area contributed by atoms with E-state index in [1.807, 2.05) is 47.9 Å². The highest BCUT2D eigenvalue weighted by molar-refractivity contribution is 7.98. The van der Waals surface area contributed by atoms with Gasteiger partial charge >= 0.3 is 0 Å². The van der Waals surface area contributed by atoms with E-state index in [0.29, 0.717) is 5.13 Å². The lowest BCUT2D eigenvalue weighted by Crippen LogP contribution is -2.07. The molecule has 4 rings (SSSR count). The van der Waals surface area contributed by atoms with E-state index >= 15 is 0 Å². The third-order valence-electron chi connectivity index (χ3n) is 4.92. The summed E-state index contributed by atoms with van der Waals surface area (Å²) in [4.78, 5) is 18.0. The van der Waals surface area contributed by atoms with Crippen molar-refractivity contribution < 1.29 is 9.53 Å². The predicted octanol–water partition coefficient (Wildman–Crippen LogP) is 7.07. The summed E-state index contributed by atoms with van der Waals surface area (Å²) in [7, 11) is 1.64. The van der Waals surface area contributed by atoms with Crippen LogP contribution in [0.1, 0.15) is 16.7 Å². The molecular weight excluding hydrogens is 448 g/mol. The van der Waals surface area contributed by atoms with Gasteiger partial charge in [0.1, 0.15) is 5.75 Å². The van der Waals surface area contributed by atoms with E-state index in [1.54, 1.807) is 18.9 Å². The van der Waals surface area contributed by atoms with Crippen molar-refractivity contribution in [1.82, 2.24) is 4.98 Å². The van der Waals surface area contributed by atoms with Crippen LogP contribution in [0.2, 0.25) is 0 Å². The first-order valence-corrected chi connectivity index (χ1v) is 12.3. The van der Waals surface area contributed by atoms with E-state index in [2.05, 4.69) is 53.6 Å². The summed E-state index contributed by atoms with van der Waals surface area (Å²) in [6.45, 7) is 2.11. The van der Waals surface area contributed by atoms with Crippen LogP contribution in [0.25, 0.3) is 17.3 Å². The molecule has 0 aliphatic rings. The van der Waals surface area contributed by atoms with Crippen LogP contribution in [-0.2, 0) is 10.5 Å². The number of ether oxygens (including phenoxy) is 1. The molecule has 6 heteroatoms. The zero-order valence-corrected chi connectivity index (χ0v) is 20.1. The Hall–Kier alpha value is -3.35. The van der Waals surface area contributed by atoms with Gasteiger partial charge in [-0.1, -0.05) is 42.0 Å². The van der Waals surface area contributed by atoms with Gasteiger partial charge in [0.05, 0.1) is 12.8 Å². The van der Waals surface area contributed by atoms with E-state index in [1.165, 1.54) is 33.4 Å². The van der Waals surface area contributed by atoms with Gasteiger partial charge < -0.3 is 4.74 Å². The highest BCUT2D eigenvalue weighted by atomic mass is 32.2. The van der Waals surface area contributed by atoms with Gasteiger partial charge in [-0.3, -0.25) is 10.1 Å². The van der Waals surface area contributed by atoms with E-state index < -0.39 is 0 Å². The average molecular weight is 473 g/mol. The molecule has 1 heterocycles. The molecule has 166 valence electrons. The molecule has 0 aliphatic carbocycles. The Morgan fingerprint density at radius 3 is 2.61 bits per heavy atom. The fraction of sp³-hybridized carbons (Fsp3) is 0.111. The Morgan fingerprint density at radius 2 is 1.88 bits per heavy atom. The number of carbonyl (C=O) groups excluding carboxylic acids is 1. The molecule has 0 bridgehead atoms. The van der Waals surface area contributed by atoms with Gasteiger partial charge in [-0.15, -0.1) is 23.1 Å². The third kappa shape index (κ3) is 6.57. The maximum atomic E-state index is 12.3. The molecule has 4 aromatic rings. The summed E-state index contributed by atoms with van der Waals surface area (Å²) in [6.07, 6.45) is 3.34. The predicted molar refractivity (Wildman–Crippen MR) is 139 cm³/mol. The number of carbonyl (C=O) groups is 1. The average Bonchev–Trinajstić information content (AvgIpc) is 3.30. The van der Waals surface area contributed by atoms with Gasteiger partial charge in [0.25, 0.3) is 0 Å². The summed E-state index contributed by atoms with van der Waals surface area (Å²) in [6, 6.07) is 24.5. The van der Waals surface area contributed by atoms with Crippen molar-refractivity contribution in [1.29, 1.82) is 0 Å². The SMILES string of the molecule is COc1ccc(-c2csc(NC(=O)C=Cc3ccc(SCc4cccc(C)c4)cc3)n2)cc1. The monoisotopic (exact) mass is 472 g/mol. The van der Waals surface area contributed by atoms with Crippen molar-refractivity contribution in [2.75, 3.05) is 12.4 Å². The van der Waals surface area contributed by atoms with Crippen LogP contribution in [0, 0.1) is 6.92 Å². The zero-order valence-electron chi connectivity index (χ0n) is 18.4. The number of hydrogen-bond donors (Lipinski definition) is 1. The summed E-state index contributed by atoms with van der Waals surface area (Å²) in [5.74, 6) is 1.53. The molecule has 0 atom stereocenters. The second-order valence-corrected chi connectivity index (χ2v) is 9.34. The number of thioether (sulfide) groups is 1. The zero-order chi connectivity index (χ0) is 23.0. The van der Waals surface area contributed by atoms with Crippen molar-refractivity contribution in [3.63, 3.8) is 0 Å². The van der Waals surface area contributed by atoms with Gasteiger partial charge in [0, 0.05) is 27.7 Å². The fourth-order valence-electron chi connectivity index (χ4n) is 3.19. The highest BCUT2D eigenvalue weighted by Gasteiger charge is 2.07. The summed E-state index contributed by atoms with van der Waals surface area (Å²) >= 11 is 3.20. The van der Waals surface area contributed by atoms with Crippen LogP contribution in [-0.4, -0.2) is 18.0 Å². The topological polar surface area (TPSA) is 51.2 Å². The summed E-state index contributed by atoms with van der Waals surface area (Å²) in [5.41, 5.74) is 5.37. The molecule has 33 heavy (non-hydrogen) atoms. The number of nitrogens with one attached hydrogen (secondary N) is 1. The molecule has 0 spiro atoms. The smallest absolute Gasteiger partial charge is 0.250 e. The maximum Gasteiger partial charge on any atom is 0.250 e. The van der Waals surface area contributed by atoms with E-state index in [4.69, 9.17) is 4.74 Å². The van der Waals surface area contributed by atoms with Crippen molar-refractivity contribution in [3.8, 4) is 17.0 Å². The van der Waals surface area contributed by atoms with Gasteiger partial charge in [-0.2, -0.15) is 0 Å². The second-order valence-electron chi connectivity index (χ2n) is 7.44. The Kier molecular flexibility index (Phi) is 7.60. The number of amides is 1. The highest BCUT2D eigenvalue weighted by Crippen LogP contribution is 2.27. The Morgan fingerprint density at radius 1 is 1.09 bits per heavy atom. The van der Waals surface area contributed by atoms with Crippen LogP contribution in [0.5, 0.6) is 5.75 Å². The molecule has 0 unspecified atom stereocenters. The minimum atomic E-state index is -0.205. The number of hydrogen-bond acceptors (Lipinski definition) is 5. The Labute approximate surface area is 202 Å². The minimum absolute atomic E-state index is 0.205. The molecule has 3 aromatic carbocycles. The van der Waals surface area contributed by atoms with Crippen molar-refractivity contribution in [2.45, 2.75) is 17.6 Å². The molecule has 0 fully saturated rings. The molecule has 0 aliphatic heterocycles. The molecule has 1 aromatic heterocycles. The van der Waals surface area contributed by atoms with Gasteiger partial charge in [0.15, 0.2) is 5.13 Å². The van der Waals surface area contributed by atoms with Crippen LogP contribution < -0.4 is 10.1 Å². The minimum Gasteiger partial charge on any atom is -0.497 e.